The number of aromatic nitrogens is 3. The summed E-state index contributed by atoms with van der Waals surface area (Å²) in [5, 5.41) is 10.9. The molecule has 1 N–H and O–H groups in total. The van der Waals surface area contributed by atoms with E-state index >= 15 is 0 Å². The largest absolute Gasteiger partial charge is 0.416 e. The van der Waals surface area contributed by atoms with E-state index in [4.69, 9.17) is 0 Å². The molecule has 3 heterocycles. The van der Waals surface area contributed by atoms with Crippen LogP contribution in [0.15, 0.2) is 24.3 Å². The fourth-order valence-corrected chi connectivity index (χ4v) is 3.87. The number of benzene rings is 1. The predicted octanol–water partition coefficient (Wildman–Crippen LogP) is 3.23. The Morgan fingerprint density at radius 1 is 1.23 bits per heavy atom. The van der Waals surface area contributed by atoms with E-state index in [-0.39, 0.29) is 23.8 Å². The molecule has 2 aliphatic heterocycles. The van der Waals surface area contributed by atoms with Gasteiger partial charge in [0.05, 0.1) is 11.6 Å². The molecule has 0 radical (unpaired) electrons. The first kappa shape index (κ1) is 16.9. The number of nitrogens with one attached hydrogen (secondary N) is 1. The lowest BCUT2D eigenvalue weighted by atomic mass is 10.1. The van der Waals surface area contributed by atoms with Gasteiger partial charge in [0.25, 0.3) is 0 Å². The van der Waals surface area contributed by atoms with Gasteiger partial charge < -0.3 is 14.8 Å². The zero-order valence-electron chi connectivity index (χ0n) is 14.1. The van der Waals surface area contributed by atoms with Crippen LogP contribution in [-0.4, -0.2) is 37.8 Å². The second-order valence-electron chi connectivity index (χ2n) is 6.78. The Labute approximate surface area is 148 Å². The Balaban J connectivity index is 1.54. The van der Waals surface area contributed by atoms with Gasteiger partial charge in [-0.1, -0.05) is 6.07 Å². The SMILES string of the molecule is Cc1nnc2n1CC1CCC(C2)N1C(=O)Nc1cccc(C(F)(F)F)c1. The highest BCUT2D eigenvalue weighted by Gasteiger charge is 2.41. The molecule has 1 fully saturated rings. The lowest BCUT2D eigenvalue weighted by molar-refractivity contribution is -0.137. The summed E-state index contributed by atoms with van der Waals surface area (Å²) in [6, 6.07) is 4.30. The molecule has 6 nitrogen and oxygen atoms in total. The fraction of sp³-hybridized carbons (Fsp3) is 0.471. The maximum atomic E-state index is 12.9. The third-order valence-electron chi connectivity index (χ3n) is 5.12. The van der Waals surface area contributed by atoms with Crippen LogP contribution in [0.3, 0.4) is 0 Å². The van der Waals surface area contributed by atoms with Crippen molar-refractivity contribution in [2.45, 2.75) is 51.0 Å². The molecule has 1 aromatic heterocycles. The van der Waals surface area contributed by atoms with Crippen molar-refractivity contribution in [2.24, 2.45) is 0 Å². The first-order chi connectivity index (χ1) is 12.3. The minimum absolute atomic E-state index is 0.0123. The molecule has 2 aliphatic rings. The minimum atomic E-state index is -4.44. The van der Waals surface area contributed by atoms with Crippen LogP contribution < -0.4 is 5.32 Å². The number of amides is 2. The number of hydrogen-bond donors (Lipinski definition) is 1. The second-order valence-corrected chi connectivity index (χ2v) is 6.78. The molecule has 1 aromatic carbocycles. The van der Waals surface area contributed by atoms with Crippen molar-refractivity contribution in [3.05, 3.63) is 41.5 Å². The van der Waals surface area contributed by atoms with Crippen LogP contribution in [0.2, 0.25) is 0 Å². The molecule has 2 atom stereocenters. The van der Waals surface area contributed by atoms with Crippen molar-refractivity contribution in [2.75, 3.05) is 5.32 Å². The summed E-state index contributed by atoms with van der Waals surface area (Å²) in [5.74, 6) is 1.66. The molecular weight excluding hydrogens is 347 g/mol. The lowest BCUT2D eigenvalue weighted by Crippen LogP contribution is -2.44. The topological polar surface area (TPSA) is 63.1 Å². The fourth-order valence-electron chi connectivity index (χ4n) is 3.87. The molecule has 9 heteroatoms. The van der Waals surface area contributed by atoms with Crippen LogP contribution in [0.25, 0.3) is 0 Å². The molecule has 2 unspecified atom stereocenters. The van der Waals surface area contributed by atoms with Crippen LogP contribution in [0, 0.1) is 6.92 Å². The first-order valence-electron chi connectivity index (χ1n) is 8.48. The van der Waals surface area contributed by atoms with Crippen LogP contribution in [-0.2, 0) is 19.1 Å². The standard InChI is InChI=1S/C17H18F3N5O/c1-10-22-23-15-8-13-5-6-14(9-24(10)15)25(13)16(26)21-12-4-2-3-11(7-12)17(18,19)20/h2-4,7,13-14H,5-6,8-9H2,1H3,(H,21,26). The smallest absolute Gasteiger partial charge is 0.316 e. The third-order valence-corrected chi connectivity index (χ3v) is 5.12. The number of carbonyl (C=O) groups excluding carboxylic acids is 1. The maximum absolute atomic E-state index is 12.9. The molecule has 0 saturated carbocycles. The van der Waals surface area contributed by atoms with E-state index in [9.17, 15) is 18.0 Å². The number of anilines is 1. The van der Waals surface area contributed by atoms with E-state index in [2.05, 4.69) is 15.5 Å². The highest BCUT2D eigenvalue weighted by Crippen LogP contribution is 2.33. The average Bonchev–Trinajstić information content (AvgIpc) is 3.06. The van der Waals surface area contributed by atoms with Gasteiger partial charge in [0, 0.05) is 24.7 Å². The van der Waals surface area contributed by atoms with Crippen molar-refractivity contribution in [3.8, 4) is 0 Å². The Morgan fingerprint density at radius 3 is 2.77 bits per heavy atom. The molecule has 1 saturated heterocycles. The minimum Gasteiger partial charge on any atom is -0.316 e. The number of urea groups is 1. The lowest BCUT2D eigenvalue weighted by Gasteiger charge is -2.28. The van der Waals surface area contributed by atoms with Crippen LogP contribution in [0.5, 0.6) is 0 Å². The molecule has 4 rings (SSSR count). The maximum Gasteiger partial charge on any atom is 0.416 e. The third kappa shape index (κ3) is 2.91. The van der Waals surface area contributed by atoms with Crippen molar-refractivity contribution in [3.63, 3.8) is 0 Å². The Kier molecular flexibility index (Phi) is 3.89. The molecule has 0 aliphatic carbocycles. The summed E-state index contributed by atoms with van der Waals surface area (Å²) >= 11 is 0. The van der Waals surface area contributed by atoms with Crippen LogP contribution in [0.1, 0.15) is 30.1 Å². The quantitative estimate of drug-likeness (QED) is 0.844. The van der Waals surface area contributed by atoms with Crippen LogP contribution in [0.4, 0.5) is 23.7 Å². The van der Waals surface area contributed by atoms with Crippen LogP contribution >= 0.6 is 0 Å². The number of nitrogens with zero attached hydrogens (tertiary/aromatic N) is 4. The van der Waals surface area contributed by atoms with Gasteiger partial charge in [0.2, 0.25) is 0 Å². The van der Waals surface area contributed by atoms with Gasteiger partial charge in [0.1, 0.15) is 11.6 Å². The van der Waals surface area contributed by atoms with E-state index in [0.29, 0.717) is 13.0 Å². The number of carbonyl (C=O) groups is 1. The number of halogens is 3. The Bertz CT molecular complexity index is 847. The Hall–Kier alpha value is -2.58. The number of alkyl halides is 3. The van der Waals surface area contributed by atoms with Gasteiger partial charge in [-0.3, -0.25) is 0 Å². The molecule has 2 bridgehead atoms. The predicted molar refractivity (Wildman–Crippen MR) is 87.6 cm³/mol. The van der Waals surface area contributed by atoms with Crippen molar-refractivity contribution in [1.82, 2.24) is 19.7 Å². The molecule has 0 spiro atoms. The van der Waals surface area contributed by atoms with Gasteiger partial charge in [-0.05, 0) is 38.0 Å². The van der Waals surface area contributed by atoms with Gasteiger partial charge in [0.15, 0.2) is 0 Å². The highest BCUT2D eigenvalue weighted by atomic mass is 19.4. The van der Waals surface area contributed by atoms with Crippen molar-refractivity contribution >= 4 is 11.7 Å². The summed E-state index contributed by atoms with van der Waals surface area (Å²) in [4.78, 5) is 14.5. The van der Waals surface area contributed by atoms with E-state index in [1.54, 1.807) is 4.90 Å². The normalized spacial score (nSPS) is 22.1. The summed E-state index contributed by atoms with van der Waals surface area (Å²) in [6.45, 7) is 2.49. The zero-order chi connectivity index (χ0) is 18.5. The van der Waals surface area contributed by atoms with Crippen molar-refractivity contribution in [1.29, 1.82) is 0 Å². The molecule has 138 valence electrons. The van der Waals surface area contributed by atoms with E-state index in [1.807, 2.05) is 11.5 Å². The number of hydrogen-bond acceptors (Lipinski definition) is 3. The molecular formula is C17H18F3N5O. The van der Waals surface area contributed by atoms with Gasteiger partial charge in [-0.2, -0.15) is 13.2 Å². The number of fused-ring (bicyclic) bond motifs is 3. The highest BCUT2D eigenvalue weighted by molar-refractivity contribution is 5.90. The monoisotopic (exact) mass is 365 g/mol. The Morgan fingerprint density at radius 2 is 2.00 bits per heavy atom. The van der Waals surface area contributed by atoms with E-state index < -0.39 is 11.7 Å². The summed E-state index contributed by atoms with van der Waals surface area (Å²) in [6.07, 6.45) is -2.13. The average molecular weight is 365 g/mol. The van der Waals surface area contributed by atoms with Crippen molar-refractivity contribution < 1.29 is 18.0 Å². The van der Waals surface area contributed by atoms with Gasteiger partial charge in [-0.15, -0.1) is 10.2 Å². The summed E-state index contributed by atoms with van der Waals surface area (Å²) < 4.78 is 40.6. The van der Waals surface area contributed by atoms with Gasteiger partial charge in [-0.25, -0.2) is 4.79 Å². The number of rotatable bonds is 1. The number of aryl methyl sites for hydroxylation is 1. The molecule has 2 aromatic rings. The summed E-state index contributed by atoms with van der Waals surface area (Å²) in [5.41, 5.74) is -0.639. The first-order valence-corrected chi connectivity index (χ1v) is 8.48. The van der Waals surface area contributed by atoms with E-state index in [0.717, 1.165) is 36.6 Å². The molecule has 2 amide bonds. The molecule has 26 heavy (non-hydrogen) atoms. The second kappa shape index (κ2) is 6.00. The summed E-state index contributed by atoms with van der Waals surface area (Å²) in [7, 11) is 0. The zero-order valence-corrected chi connectivity index (χ0v) is 14.1. The van der Waals surface area contributed by atoms with E-state index in [1.165, 1.54) is 12.1 Å². The van der Waals surface area contributed by atoms with Gasteiger partial charge >= 0.3 is 12.2 Å².